The van der Waals surface area contributed by atoms with Gasteiger partial charge in [0.15, 0.2) is 5.69 Å². The van der Waals surface area contributed by atoms with Gasteiger partial charge in [-0.2, -0.15) is 5.10 Å². The Bertz CT molecular complexity index is 605. The number of hydrogen-bond donors (Lipinski definition) is 2. The molecule has 2 rings (SSSR count). The summed E-state index contributed by atoms with van der Waals surface area (Å²) in [6.07, 6.45) is 0. The molecule has 2 aromatic rings. The number of carboxylic acids is 1. The number of nitrogens with zero attached hydrogens (tertiary/aromatic N) is 2. The molecule has 0 bridgehead atoms. The van der Waals surface area contributed by atoms with E-state index in [0.717, 1.165) is 0 Å². The van der Waals surface area contributed by atoms with E-state index in [1.807, 2.05) is 18.2 Å². The van der Waals surface area contributed by atoms with Crippen LogP contribution >= 0.6 is 0 Å². The SMILES string of the molecule is Cc1cc(C(=O)O)nn1CC(=O)Nc1ccccc1. The van der Waals surface area contributed by atoms with Gasteiger partial charge in [-0.05, 0) is 25.1 Å². The number of aromatic carboxylic acids is 1. The Morgan fingerprint density at radius 1 is 1.32 bits per heavy atom. The molecular weight excluding hydrogens is 246 g/mol. The smallest absolute Gasteiger partial charge is 0.356 e. The third-order valence-electron chi connectivity index (χ3n) is 2.55. The molecule has 6 heteroatoms. The molecule has 98 valence electrons. The van der Waals surface area contributed by atoms with E-state index in [2.05, 4.69) is 10.4 Å². The molecule has 0 aliphatic heterocycles. The largest absolute Gasteiger partial charge is 0.476 e. The molecule has 0 radical (unpaired) electrons. The number of para-hydroxylation sites is 1. The maximum absolute atomic E-state index is 11.8. The fourth-order valence-electron chi connectivity index (χ4n) is 1.63. The van der Waals surface area contributed by atoms with Crippen LogP contribution < -0.4 is 5.32 Å². The van der Waals surface area contributed by atoms with E-state index in [1.165, 1.54) is 10.7 Å². The van der Waals surface area contributed by atoms with Gasteiger partial charge in [-0.15, -0.1) is 0 Å². The van der Waals surface area contributed by atoms with Crippen molar-refractivity contribution in [2.75, 3.05) is 5.32 Å². The second-order valence-corrected chi connectivity index (χ2v) is 4.05. The highest BCUT2D eigenvalue weighted by Crippen LogP contribution is 2.07. The minimum Gasteiger partial charge on any atom is -0.476 e. The molecular formula is C13H13N3O3. The van der Waals surface area contributed by atoms with E-state index in [0.29, 0.717) is 11.4 Å². The predicted molar refractivity (Wildman–Crippen MR) is 69.0 cm³/mol. The van der Waals surface area contributed by atoms with Crippen LogP contribution in [0.3, 0.4) is 0 Å². The summed E-state index contributed by atoms with van der Waals surface area (Å²) in [4.78, 5) is 22.6. The molecule has 0 aliphatic carbocycles. The Labute approximate surface area is 109 Å². The van der Waals surface area contributed by atoms with Crippen LogP contribution in [0, 0.1) is 6.92 Å². The van der Waals surface area contributed by atoms with E-state index in [9.17, 15) is 9.59 Å². The van der Waals surface area contributed by atoms with Gasteiger partial charge in [-0.1, -0.05) is 18.2 Å². The summed E-state index contributed by atoms with van der Waals surface area (Å²) in [6, 6.07) is 10.5. The first-order chi connectivity index (χ1) is 9.06. The molecule has 0 spiro atoms. The van der Waals surface area contributed by atoms with Crippen molar-refractivity contribution in [3.05, 3.63) is 47.8 Å². The lowest BCUT2D eigenvalue weighted by Crippen LogP contribution is -2.20. The highest BCUT2D eigenvalue weighted by molar-refractivity contribution is 5.90. The summed E-state index contributed by atoms with van der Waals surface area (Å²) < 4.78 is 1.36. The van der Waals surface area contributed by atoms with Crippen molar-refractivity contribution in [1.82, 2.24) is 9.78 Å². The zero-order chi connectivity index (χ0) is 13.8. The zero-order valence-corrected chi connectivity index (χ0v) is 10.3. The van der Waals surface area contributed by atoms with Crippen LogP contribution in [0.4, 0.5) is 5.69 Å². The molecule has 0 saturated heterocycles. The molecule has 0 unspecified atom stereocenters. The van der Waals surface area contributed by atoms with Crippen molar-refractivity contribution in [2.45, 2.75) is 13.5 Å². The molecule has 0 fully saturated rings. The first kappa shape index (κ1) is 12.8. The van der Waals surface area contributed by atoms with Gasteiger partial charge in [0.05, 0.1) is 0 Å². The monoisotopic (exact) mass is 259 g/mol. The van der Waals surface area contributed by atoms with Gasteiger partial charge in [0.2, 0.25) is 5.91 Å². The van der Waals surface area contributed by atoms with Gasteiger partial charge < -0.3 is 10.4 Å². The van der Waals surface area contributed by atoms with Crippen LogP contribution in [0.25, 0.3) is 0 Å². The Morgan fingerprint density at radius 2 is 2.00 bits per heavy atom. The van der Waals surface area contributed by atoms with Crippen molar-refractivity contribution >= 4 is 17.6 Å². The second-order valence-electron chi connectivity index (χ2n) is 4.05. The summed E-state index contributed by atoms with van der Waals surface area (Å²) in [5.41, 5.74) is 1.25. The molecule has 6 nitrogen and oxygen atoms in total. The molecule has 19 heavy (non-hydrogen) atoms. The number of hydrogen-bond acceptors (Lipinski definition) is 3. The highest BCUT2D eigenvalue weighted by atomic mass is 16.4. The number of aromatic nitrogens is 2. The predicted octanol–water partition coefficient (Wildman–Crippen LogP) is 1.53. The topological polar surface area (TPSA) is 84.2 Å². The fourth-order valence-corrected chi connectivity index (χ4v) is 1.63. The van der Waals surface area contributed by atoms with E-state index in [-0.39, 0.29) is 18.1 Å². The maximum atomic E-state index is 11.8. The Morgan fingerprint density at radius 3 is 2.58 bits per heavy atom. The van der Waals surface area contributed by atoms with Gasteiger partial charge in [-0.25, -0.2) is 4.79 Å². The van der Waals surface area contributed by atoms with E-state index < -0.39 is 5.97 Å². The van der Waals surface area contributed by atoms with Gasteiger partial charge in [0.1, 0.15) is 6.54 Å². The van der Waals surface area contributed by atoms with Crippen LogP contribution in [-0.2, 0) is 11.3 Å². The van der Waals surface area contributed by atoms with Crippen molar-refractivity contribution in [2.24, 2.45) is 0 Å². The number of anilines is 1. The minimum atomic E-state index is -1.11. The van der Waals surface area contributed by atoms with Crippen molar-refractivity contribution in [1.29, 1.82) is 0 Å². The number of nitrogens with one attached hydrogen (secondary N) is 1. The Balaban J connectivity index is 2.05. The lowest BCUT2D eigenvalue weighted by Gasteiger charge is -2.06. The van der Waals surface area contributed by atoms with Gasteiger partial charge in [-0.3, -0.25) is 9.48 Å². The van der Waals surface area contributed by atoms with Crippen LogP contribution in [0.1, 0.15) is 16.2 Å². The quantitative estimate of drug-likeness (QED) is 0.872. The van der Waals surface area contributed by atoms with Crippen molar-refractivity contribution in [3.8, 4) is 0 Å². The summed E-state index contributed by atoms with van der Waals surface area (Å²) >= 11 is 0. The fraction of sp³-hybridized carbons (Fsp3) is 0.154. The standard InChI is InChI=1S/C13H13N3O3/c1-9-7-11(13(18)19)15-16(9)8-12(17)14-10-5-3-2-4-6-10/h2-7H,8H2,1H3,(H,14,17)(H,18,19). The second kappa shape index (κ2) is 5.34. The molecule has 0 aliphatic rings. The van der Waals surface area contributed by atoms with Crippen LogP contribution in [-0.4, -0.2) is 26.8 Å². The maximum Gasteiger partial charge on any atom is 0.356 e. The number of amides is 1. The number of carboxylic acid groups (broad SMARTS) is 1. The van der Waals surface area contributed by atoms with Gasteiger partial charge >= 0.3 is 5.97 Å². The van der Waals surface area contributed by atoms with Gasteiger partial charge in [0, 0.05) is 11.4 Å². The summed E-state index contributed by atoms with van der Waals surface area (Å²) in [5, 5.41) is 15.4. The number of carbonyl (C=O) groups is 2. The normalized spacial score (nSPS) is 10.2. The Hall–Kier alpha value is -2.63. The molecule has 2 N–H and O–H groups in total. The third kappa shape index (κ3) is 3.19. The average molecular weight is 259 g/mol. The third-order valence-corrected chi connectivity index (χ3v) is 2.55. The average Bonchev–Trinajstić information content (AvgIpc) is 2.72. The molecule has 1 aromatic heterocycles. The molecule has 1 aromatic carbocycles. The summed E-state index contributed by atoms with van der Waals surface area (Å²) in [6.45, 7) is 1.68. The first-order valence-corrected chi connectivity index (χ1v) is 5.69. The molecule has 0 saturated carbocycles. The van der Waals surface area contributed by atoms with Crippen LogP contribution in [0.15, 0.2) is 36.4 Å². The molecule has 1 amide bonds. The number of benzene rings is 1. The Kier molecular flexibility index (Phi) is 3.61. The minimum absolute atomic E-state index is 0.0198. The lowest BCUT2D eigenvalue weighted by molar-refractivity contribution is -0.116. The molecule has 0 atom stereocenters. The van der Waals surface area contributed by atoms with Crippen molar-refractivity contribution in [3.63, 3.8) is 0 Å². The van der Waals surface area contributed by atoms with Crippen LogP contribution in [0.5, 0.6) is 0 Å². The van der Waals surface area contributed by atoms with E-state index in [1.54, 1.807) is 19.1 Å². The number of rotatable bonds is 4. The number of aryl methyl sites for hydroxylation is 1. The van der Waals surface area contributed by atoms with Gasteiger partial charge in [0.25, 0.3) is 0 Å². The van der Waals surface area contributed by atoms with Crippen molar-refractivity contribution < 1.29 is 14.7 Å². The lowest BCUT2D eigenvalue weighted by atomic mass is 10.3. The summed E-state index contributed by atoms with van der Waals surface area (Å²) in [5.74, 6) is -1.36. The molecule has 1 heterocycles. The summed E-state index contributed by atoms with van der Waals surface area (Å²) in [7, 11) is 0. The van der Waals surface area contributed by atoms with Crippen LogP contribution in [0.2, 0.25) is 0 Å². The highest BCUT2D eigenvalue weighted by Gasteiger charge is 2.12. The first-order valence-electron chi connectivity index (χ1n) is 5.69. The number of carbonyl (C=O) groups excluding carboxylic acids is 1. The zero-order valence-electron chi connectivity index (χ0n) is 10.3. The van der Waals surface area contributed by atoms with E-state index >= 15 is 0 Å². The van der Waals surface area contributed by atoms with E-state index in [4.69, 9.17) is 5.11 Å².